The Hall–Kier alpha value is -3.56. The van der Waals surface area contributed by atoms with Gasteiger partial charge in [-0.1, -0.05) is 62.8 Å². The average molecular weight is 580 g/mol. The lowest BCUT2D eigenvalue weighted by Crippen LogP contribution is -2.23. The molecule has 0 radical (unpaired) electrons. The number of carbonyl (C=O) groups is 1. The van der Waals surface area contributed by atoms with Gasteiger partial charge in [-0.05, 0) is 63.9 Å². The van der Waals surface area contributed by atoms with Crippen molar-refractivity contribution in [3.63, 3.8) is 0 Å². The average Bonchev–Trinajstić information content (AvgIpc) is 3.00. The van der Waals surface area contributed by atoms with E-state index >= 15 is 0 Å². The highest BCUT2D eigenvalue weighted by Gasteiger charge is 2.08. The number of benzene rings is 1. The number of allylic oxidation sites excluding steroid dienone is 2. The summed E-state index contributed by atoms with van der Waals surface area (Å²) in [7, 11) is 3.59. The lowest BCUT2D eigenvalue weighted by Gasteiger charge is -2.11. The Bertz CT molecular complexity index is 1060. The Kier molecular flexibility index (Phi) is 20.0. The number of hydrogen-bond acceptors (Lipinski definition) is 8. The maximum absolute atomic E-state index is 12.3. The zero-order valence-corrected chi connectivity index (χ0v) is 26.2. The Balaban J connectivity index is 0.000000414. The van der Waals surface area contributed by atoms with Gasteiger partial charge in [0.1, 0.15) is 11.6 Å². The SMILES string of the molecule is C1CCCCC1.C=C1CCC1.CCNc1cc(CNC(=O)c2ccc(/C(N)=C/C=N)cc2)nc(C)n1.CNCCOC. The first-order valence-corrected chi connectivity index (χ1v) is 15.1. The molecule has 232 valence electrons. The van der Waals surface area contributed by atoms with E-state index in [1.165, 1.54) is 69.4 Å². The van der Waals surface area contributed by atoms with Crippen LogP contribution in [0.3, 0.4) is 0 Å². The van der Waals surface area contributed by atoms with Crippen LogP contribution in [0.25, 0.3) is 5.70 Å². The predicted octanol–water partition coefficient (Wildman–Crippen LogP) is 6.02. The van der Waals surface area contributed by atoms with Crippen molar-refractivity contribution >= 4 is 23.6 Å². The van der Waals surface area contributed by atoms with Gasteiger partial charge in [0.15, 0.2) is 0 Å². The third-order valence-corrected chi connectivity index (χ3v) is 6.54. The largest absolute Gasteiger partial charge is 0.398 e. The van der Waals surface area contributed by atoms with Crippen molar-refractivity contribution < 1.29 is 9.53 Å². The van der Waals surface area contributed by atoms with Gasteiger partial charge >= 0.3 is 0 Å². The van der Waals surface area contributed by atoms with E-state index in [4.69, 9.17) is 15.9 Å². The molecule has 0 unspecified atom stereocenters. The van der Waals surface area contributed by atoms with E-state index in [1.807, 2.05) is 27.0 Å². The highest BCUT2D eigenvalue weighted by Crippen LogP contribution is 2.22. The normalized spacial score (nSPS) is 13.9. The summed E-state index contributed by atoms with van der Waals surface area (Å²) in [4.78, 5) is 20.9. The number of nitrogens with two attached hydrogens (primary N) is 1. The van der Waals surface area contributed by atoms with Crippen molar-refractivity contribution in [1.29, 1.82) is 5.41 Å². The monoisotopic (exact) mass is 579 g/mol. The van der Waals surface area contributed by atoms with Gasteiger partial charge in [-0.2, -0.15) is 0 Å². The topological polar surface area (TPSA) is 138 Å². The molecule has 2 aliphatic rings. The van der Waals surface area contributed by atoms with Gasteiger partial charge in [-0.25, -0.2) is 9.97 Å². The Morgan fingerprint density at radius 3 is 2.05 bits per heavy atom. The molecule has 4 rings (SSSR count). The van der Waals surface area contributed by atoms with Crippen LogP contribution in [0.1, 0.15) is 92.2 Å². The second kappa shape index (κ2) is 23.1. The lowest BCUT2D eigenvalue weighted by atomic mass is 9.95. The summed E-state index contributed by atoms with van der Waals surface area (Å²) in [6.45, 7) is 10.4. The van der Waals surface area contributed by atoms with Gasteiger partial charge in [0, 0.05) is 43.7 Å². The summed E-state index contributed by atoms with van der Waals surface area (Å²) in [5, 5.41) is 16.0. The summed E-state index contributed by atoms with van der Waals surface area (Å²) < 4.78 is 4.72. The summed E-state index contributed by atoms with van der Waals surface area (Å²) >= 11 is 0. The molecule has 1 amide bonds. The minimum Gasteiger partial charge on any atom is -0.398 e. The minimum absolute atomic E-state index is 0.192. The van der Waals surface area contributed by atoms with E-state index in [2.05, 4.69) is 32.5 Å². The zero-order chi connectivity index (χ0) is 31.0. The number of rotatable bonds is 10. The smallest absolute Gasteiger partial charge is 0.251 e. The van der Waals surface area contributed by atoms with Gasteiger partial charge in [-0.3, -0.25) is 4.79 Å². The first-order chi connectivity index (χ1) is 20.3. The van der Waals surface area contributed by atoms with Gasteiger partial charge in [-0.15, -0.1) is 0 Å². The third-order valence-electron chi connectivity index (χ3n) is 6.54. The molecule has 6 N–H and O–H groups in total. The van der Waals surface area contributed by atoms with Crippen LogP contribution in [0, 0.1) is 12.3 Å². The molecular weight excluding hydrogens is 526 g/mol. The number of aromatic nitrogens is 2. The standard InChI is InChI=1S/C18H22N6O.C6H12.C5H8.C4H11NO/c1-3-21-17-10-15(23-12(2)24-17)11-22-18(25)14-6-4-13(5-7-14)16(20)8-9-19;1-2-4-6-5-3-1;1-5-3-2-4-5;1-5-3-4-6-2/h4-10,19H,3,11,20H2,1-2H3,(H,22,25)(H,21,23,24);1-6H2;1-4H2;5H,3-4H2,1-2H3/b16-8-,19-9?;;;. The zero-order valence-electron chi connectivity index (χ0n) is 26.2. The van der Waals surface area contributed by atoms with E-state index in [9.17, 15) is 4.79 Å². The van der Waals surface area contributed by atoms with Crippen LogP contribution < -0.4 is 21.7 Å². The van der Waals surface area contributed by atoms with E-state index in [0.29, 0.717) is 23.6 Å². The number of nitrogens with zero attached hydrogens (tertiary/aromatic N) is 2. The predicted molar refractivity (Wildman–Crippen MR) is 176 cm³/mol. The number of anilines is 1. The van der Waals surface area contributed by atoms with Gasteiger partial charge < -0.3 is 31.8 Å². The van der Waals surface area contributed by atoms with E-state index in [-0.39, 0.29) is 5.91 Å². The van der Waals surface area contributed by atoms with Crippen molar-refractivity contribution in [2.75, 3.05) is 39.2 Å². The van der Waals surface area contributed by atoms with Crippen LogP contribution in [0.2, 0.25) is 0 Å². The number of likely N-dealkylation sites (N-methyl/N-ethyl adjacent to an activating group) is 1. The van der Waals surface area contributed by atoms with E-state index < -0.39 is 0 Å². The van der Waals surface area contributed by atoms with Crippen LogP contribution in [0.4, 0.5) is 5.82 Å². The molecule has 9 nitrogen and oxygen atoms in total. The quantitative estimate of drug-likeness (QED) is 0.132. The van der Waals surface area contributed by atoms with Gasteiger partial charge in [0.2, 0.25) is 0 Å². The van der Waals surface area contributed by atoms with Gasteiger partial charge in [0.05, 0.1) is 18.8 Å². The molecule has 1 aromatic heterocycles. The maximum atomic E-state index is 12.3. The molecule has 0 atom stereocenters. The third kappa shape index (κ3) is 16.6. The summed E-state index contributed by atoms with van der Waals surface area (Å²) in [5.41, 5.74) is 9.76. The van der Waals surface area contributed by atoms with Crippen molar-refractivity contribution in [2.24, 2.45) is 5.73 Å². The molecule has 2 saturated carbocycles. The Labute approximate surface area is 253 Å². The van der Waals surface area contributed by atoms with Crippen LogP contribution in [-0.4, -0.2) is 55.9 Å². The molecule has 2 aliphatic carbocycles. The van der Waals surface area contributed by atoms with E-state index in [1.54, 1.807) is 31.4 Å². The van der Waals surface area contributed by atoms with Crippen molar-refractivity contribution in [1.82, 2.24) is 20.6 Å². The van der Waals surface area contributed by atoms with Crippen LogP contribution in [0.5, 0.6) is 0 Å². The molecule has 9 heteroatoms. The molecule has 1 aromatic carbocycles. The maximum Gasteiger partial charge on any atom is 0.251 e. The number of carbonyl (C=O) groups excluding carboxylic acids is 1. The fraction of sp³-hybridized carbons (Fsp3) is 0.515. The fourth-order valence-corrected chi connectivity index (χ4v) is 3.96. The highest BCUT2D eigenvalue weighted by atomic mass is 16.5. The second-order valence-electron chi connectivity index (χ2n) is 10.2. The summed E-state index contributed by atoms with van der Waals surface area (Å²) in [6, 6.07) is 8.72. The van der Waals surface area contributed by atoms with Crippen LogP contribution in [0.15, 0.2) is 48.6 Å². The van der Waals surface area contributed by atoms with Crippen LogP contribution in [-0.2, 0) is 11.3 Å². The van der Waals surface area contributed by atoms with Crippen LogP contribution >= 0.6 is 0 Å². The summed E-state index contributed by atoms with van der Waals surface area (Å²) in [5.74, 6) is 1.21. The Morgan fingerprint density at radius 1 is 1.05 bits per heavy atom. The molecular formula is C33H53N7O2. The number of hydrogen-bond donors (Lipinski definition) is 5. The highest BCUT2D eigenvalue weighted by molar-refractivity contribution is 5.94. The first-order valence-electron chi connectivity index (χ1n) is 15.1. The number of ether oxygens (including phenoxy) is 1. The molecule has 0 aliphatic heterocycles. The molecule has 2 fully saturated rings. The number of aryl methyl sites for hydroxylation is 1. The fourth-order valence-electron chi connectivity index (χ4n) is 3.96. The molecule has 0 bridgehead atoms. The van der Waals surface area contributed by atoms with Crippen molar-refractivity contribution in [2.45, 2.75) is 78.2 Å². The van der Waals surface area contributed by atoms with Gasteiger partial charge in [0.25, 0.3) is 5.91 Å². The molecule has 1 heterocycles. The number of nitrogens with one attached hydrogen (secondary N) is 4. The number of amides is 1. The van der Waals surface area contributed by atoms with Crippen molar-refractivity contribution in [3.8, 4) is 0 Å². The molecule has 42 heavy (non-hydrogen) atoms. The minimum atomic E-state index is -0.192. The second-order valence-corrected chi connectivity index (χ2v) is 10.2. The first kappa shape index (κ1) is 36.5. The Morgan fingerprint density at radius 2 is 1.62 bits per heavy atom. The number of methoxy groups -OCH3 is 1. The van der Waals surface area contributed by atoms with Crippen molar-refractivity contribution in [3.05, 3.63) is 71.2 Å². The van der Waals surface area contributed by atoms with E-state index in [0.717, 1.165) is 43.0 Å². The lowest BCUT2D eigenvalue weighted by molar-refractivity contribution is 0.0950. The molecule has 2 aromatic rings. The summed E-state index contributed by atoms with van der Waals surface area (Å²) in [6.07, 6.45) is 15.6. The molecule has 0 saturated heterocycles. The molecule has 0 spiro atoms.